The summed E-state index contributed by atoms with van der Waals surface area (Å²) in [5, 5.41) is 10.9. The summed E-state index contributed by atoms with van der Waals surface area (Å²) in [6.07, 6.45) is -0.599. The van der Waals surface area contributed by atoms with Crippen LogP contribution in [0.1, 0.15) is 22.3 Å². The number of benzene rings is 1. The van der Waals surface area contributed by atoms with Crippen LogP contribution in [0.5, 0.6) is 0 Å². The van der Waals surface area contributed by atoms with Crippen LogP contribution in [0.3, 0.4) is 0 Å². The van der Waals surface area contributed by atoms with E-state index in [0.717, 1.165) is 0 Å². The molecule has 0 radical (unpaired) electrons. The summed E-state index contributed by atoms with van der Waals surface area (Å²) < 4.78 is 4.56. The molecule has 0 fully saturated rings. The highest BCUT2D eigenvalue weighted by atomic mass is 16.5. The molecule has 1 amide bonds. The molecule has 96 valence electrons. The molecule has 6 heteroatoms. The number of carboxylic acids is 1. The molecule has 0 unspecified atom stereocenters. The third-order valence-corrected chi connectivity index (χ3v) is 2.23. The van der Waals surface area contributed by atoms with Crippen molar-refractivity contribution in [2.45, 2.75) is 13.3 Å². The Balaban J connectivity index is 2.83. The predicted molar refractivity (Wildman–Crippen MR) is 63.4 cm³/mol. The first kappa shape index (κ1) is 13.7. The lowest BCUT2D eigenvalue weighted by molar-refractivity contribution is -0.139. The van der Waals surface area contributed by atoms with E-state index in [1.807, 2.05) is 0 Å². The molecule has 1 aromatic rings. The van der Waals surface area contributed by atoms with Crippen LogP contribution in [-0.2, 0) is 14.3 Å². The number of nitrogens with one attached hydrogen (secondary N) is 1. The van der Waals surface area contributed by atoms with Crippen molar-refractivity contribution in [3.05, 3.63) is 29.3 Å². The Morgan fingerprint density at radius 3 is 2.50 bits per heavy atom. The van der Waals surface area contributed by atoms with Crippen molar-refractivity contribution in [2.75, 3.05) is 12.4 Å². The van der Waals surface area contributed by atoms with E-state index in [1.165, 1.54) is 19.2 Å². The van der Waals surface area contributed by atoms with Gasteiger partial charge in [-0.3, -0.25) is 9.59 Å². The van der Waals surface area contributed by atoms with Crippen molar-refractivity contribution in [1.29, 1.82) is 0 Å². The molecular formula is C12H13NO5. The highest BCUT2D eigenvalue weighted by molar-refractivity contribution is 6.02. The van der Waals surface area contributed by atoms with Gasteiger partial charge in [0.2, 0.25) is 5.91 Å². The highest BCUT2D eigenvalue weighted by Gasteiger charge is 2.11. The molecule has 6 nitrogen and oxygen atoms in total. The Kier molecular flexibility index (Phi) is 4.42. The SMILES string of the molecule is COC(=O)c1ccc(NC(=O)CC(=O)O)c(C)c1. The van der Waals surface area contributed by atoms with Crippen molar-refractivity contribution < 1.29 is 24.2 Å². The van der Waals surface area contributed by atoms with Crippen molar-refractivity contribution in [2.24, 2.45) is 0 Å². The number of rotatable bonds is 4. The number of carboxylic acid groups (broad SMARTS) is 1. The maximum atomic E-state index is 11.3. The van der Waals surface area contributed by atoms with E-state index < -0.39 is 24.3 Å². The van der Waals surface area contributed by atoms with Crippen molar-refractivity contribution >= 4 is 23.5 Å². The first-order valence-electron chi connectivity index (χ1n) is 5.14. The minimum Gasteiger partial charge on any atom is -0.481 e. The number of aryl methyl sites for hydroxylation is 1. The lowest BCUT2D eigenvalue weighted by Crippen LogP contribution is -2.16. The Hall–Kier alpha value is -2.37. The van der Waals surface area contributed by atoms with Crippen LogP contribution in [0, 0.1) is 6.92 Å². The lowest BCUT2D eigenvalue weighted by Gasteiger charge is -2.08. The minimum atomic E-state index is -1.20. The van der Waals surface area contributed by atoms with Gasteiger partial charge in [-0.1, -0.05) is 0 Å². The maximum Gasteiger partial charge on any atom is 0.337 e. The van der Waals surface area contributed by atoms with E-state index in [0.29, 0.717) is 16.8 Å². The Morgan fingerprint density at radius 1 is 1.33 bits per heavy atom. The number of carbonyl (C=O) groups excluding carboxylic acids is 2. The normalized spacial score (nSPS) is 9.67. The van der Waals surface area contributed by atoms with Gasteiger partial charge in [0.15, 0.2) is 0 Å². The molecule has 0 aromatic heterocycles. The van der Waals surface area contributed by atoms with Gasteiger partial charge in [-0.15, -0.1) is 0 Å². The summed E-state index contributed by atoms with van der Waals surface area (Å²) in [5.41, 5.74) is 1.48. The third kappa shape index (κ3) is 3.58. The summed E-state index contributed by atoms with van der Waals surface area (Å²) in [6, 6.07) is 4.58. The second kappa shape index (κ2) is 5.81. The molecule has 2 N–H and O–H groups in total. The van der Waals surface area contributed by atoms with Crippen LogP contribution in [0.4, 0.5) is 5.69 Å². The standard InChI is InChI=1S/C12H13NO5/c1-7-5-8(12(17)18-2)3-4-9(7)13-10(14)6-11(15)16/h3-5H,6H2,1-2H3,(H,13,14)(H,15,16). The van der Waals surface area contributed by atoms with Crippen molar-refractivity contribution in [3.8, 4) is 0 Å². The van der Waals surface area contributed by atoms with E-state index in [4.69, 9.17) is 5.11 Å². The fraction of sp³-hybridized carbons (Fsp3) is 0.250. The summed E-state index contributed by atoms with van der Waals surface area (Å²) >= 11 is 0. The minimum absolute atomic E-state index is 0.367. The molecule has 0 atom stereocenters. The summed E-state index contributed by atoms with van der Waals surface area (Å²) in [7, 11) is 1.28. The number of carbonyl (C=O) groups is 3. The van der Waals surface area contributed by atoms with Crippen molar-refractivity contribution in [1.82, 2.24) is 0 Å². The van der Waals surface area contributed by atoms with Crippen LogP contribution in [0.25, 0.3) is 0 Å². The molecule has 18 heavy (non-hydrogen) atoms. The topological polar surface area (TPSA) is 92.7 Å². The molecule has 1 aromatic carbocycles. The number of anilines is 1. The first-order valence-corrected chi connectivity index (χ1v) is 5.14. The molecule has 1 rings (SSSR count). The second-order valence-electron chi connectivity index (χ2n) is 3.64. The third-order valence-electron chi connectivity index (χ3n) is 2.23. The monoisotopic (exact) mass is 251 g/mol. The molecule has 0 bridgehead atoms. The van der Waals surface area contributed by atoms with E-state index in [-0.39, 0.29) is 0 Å². The maximum absolute atomic E-state index is 11.3. The quantitative estimate of drug-likeness (QED) is 0.619. The van der Waals surface area contributed by atoms with E-state index >= 15 is 0 Å². The molecule has 0 saturated heterocycles. The average Bonchev–Trinajstić information content (AvgIpc) is 2.29. The largest absolute Gasteiger partial charge is 0.481 e. The van der Waals surface area contributed by atoms with E-state index in [2.05, 4.69) is 10.1 Å². The zero-order valence-corrected chi connectivity index (χ0v) is 10.0. The zero-order valence-electron chi connectivity index (χ0n) is 10.0. The second-order valence-corrected chi connectivity index (χ2v) is 3.64. The van der Waals surface area contributed by atoms with Crippen LogP contribution in [0.15, 0.2) is 18.2 Å². The molecule has 0 saturated carbocycles. The number of methoxy groups -OCH3 is 1. The van der Waals surface area contributed by atoms with Crippen LogP contribution >= 0.6 is 0 Å². The van der Waals surface area contributed by atoms with Gasteiger partial charge in [0.1, 0.15) is 6.42 Å². The first-order chi connectivity index (χ1) is 8.43. The number of hydrogen-bond donors (Lipinski definition) is 2. The smallest absolute Gasteiger partial charge is 0.337 e. The van der Waals surface area contributed by atoms with Crippen LogP contribution in [0.2, 0.25) is 0 Å². The van der Waals surface area contributed by atoms with Gasteiger partial charge in [-0.2, -0.15) is 0 Å². The Labute approximate surface area is 104 Å². The van der Waals surface area contributed by atoms with Gasteiger partial charge in [0, 0.05) is 5.69 Å². The van der Waals surface area contributed by atoms with E-state index in [9.17, 15) is 14.4 Å². The number of esters is 1. The summed E-state index contributed by atoms with van der Waals surface area (Å²) in [4.78, 5) is 32.9. The van der Waals surface area contributed by atoms with Crippen molar-refractivity contribution in [3.63, 3.8) is 0 Å². The highest BCUT2D eigenvalue weighted by Crippen LogP contribution is 2.17. The number of ether oxygens (including phenoxy) is 1. The van der Waals surface area contributed by atoms with Gasteiger partial charge in [0.25, 0.3) is 0 Å². The Bertz CT molecular complexity index is 495. The molecule has 0 aliphatic carbocycles. The predicted octanol–water partition coefficient (Wildman–Crippen LogP) is 1.19. The molecule has 0 aliphatic heterocycles. The molecule has 0 aliphatic rings. The van der Waals surface area contributed by atoms with Gasteiger partial charge in [-0.25, -0.2) is 4.79 Å². The van der Waals surface area contributed by atoms with Gasteiger partial charge < -0.3 is 15.2 Å². The van der Waals surface area contributed by atoms with Gasteiger partial charge in [-0.05, 0) is 30.7 Å². The van der Waals surface area contributed by atoms with Gasteiger partial charge in [0.05, 0.1) is 12.7 Å². The number of amides is 1. The lowest BCUT2D eigenvalue weighted by atomic mass is 10.1. The number of aliphatic carboxylic acids is 1. The Morgan fingerprint density at radius 2 is 2.00 bits per heavy atom. The summed E-state index contributed by atoms with van der Waals surface area (Å²) in [5.74, 6) is -2.28. The fourth-order valence-electron chi connectivity index (χ4n) is 1.38. The summed E-state index contributed by atoms with van der Waals surface area (Å²) in [6.45, 7) is 1.70. The molecule has 0 heterocycles. The zero-order chi connectivity index (χ0) is 13.7. The fourth-order valence-corrected chi connectivity index (χ4v) is 1.38. The van der Waals surface area contributed by atoms with Gasteiger partial charge >= 0.3 is 11.9 Å². The molecule has 0 spiro atoms. The average molecular weight is 251 g/mol. The molecular weight excluding hydrogens is 238 g/mol. The van der Waals surface area contributed by atoms with Crippen LogP contribution in [-0.4, -0.2) is 30.1 Å². The number of hydrogen-bond acceptors (Lipinski definition) is 4. The van der Waals surface area contributed by atoms with E-state index in [1.54, 1.807) is 13.0 Å². The van der Waals surface area contributed by atoms with Crippen LogP contribution < -0.4 is 5.32 Å².